The van der Waals surface area contributed by atoms with Crippen molar-refractivity contribution in [3.8, 4) is 5.75 Å². The number of amides is 1. The standard InChI is InChI=1S/C24H24N4O3S/c1-17-8-6-9-18(2)23(17)25-22(29)16-32-24-27-26-21(15-31-19-10-4-3-5-11-19)28(24)14-20-12-7-13-30-20/h3-13H,14-16H2,1-2H3,(H,25,29). The Morgan fingerprint density at radius 1 is 1.03 bits per heavy atom. The molecule has 0 fully saturated rings. The molecule has 2 aromatic carbocycles. The number of hydrogen-bond donors (Lipinski definition) is 1. The largest absolute Gasteiger partial charge is 0.486 e. The number of ether oxygens (including phenoxy) is 1. The van der Waals surface area contributed by atoms with Crippen molar-refractivity contribution >= 4 is 23.4 Å². The molecule has 1 N–H and O–H groups in total. The van der Waals surface area contributed by atoms with E-state index < -0.39 is 0 Å². The number of thioether (sulfide) groups is 1. The smallest absolute Gasteiger partial charge is 0.234 e. The summed E-state index contributed by atoms with van der Waals surface area (Å²) in [6.07, 6.45) is 1.63. The third-order valence-electron chi connectivity index (χ3n) is 4.88. The van der Waals surface area contributed by atoms with E-state index in [9.17, 15) is 4.79 Å². The van der Waals surface area contributed by atoms with Crippen LogP contribution in [0.4, 0.5) is 5.69 Å². The van der Waals surface area contributed by atoms with E-state index in [1.165, 1.54) is 11.8 Å². The zero-order valence-electron chi connectivity index (χ0n) is 17.9. The van der Waals surface area contributed by atoms with Crippen molar-refractivity contribution in [3.63, 3.8) is 0 Å². The van der Waals surface area contributed by atoms with Gasteiger partial charge in [-0.25, -0.2) is 0 Å². The summed E-state index contributed by atoms with van der Waals surface area (Å²) in [5.74, 6) is 2.30. The van der Waals surface area contributed by atoms with Gasteiger partial charge in [0.1, 0.15) is 18.1 Å². The molecule has 2 heterocycles. The fourth-order valence-corrected chi connectivity index (χ4v) is 3.99. The highest BCUT2D eigenvalue weighted by Crippen LogP contribution is 2.23. The summed E-state index contributed by atoms with van der Waals surface area (Å²) in [5.41, 5.74) is 2.92. The SMILES string of the molecule is Cc1cccc(C)c1NC(=O)CSc1nnc(COc2ccccc2)n1Cc1ccco1. The minimum atomic E-state index is -0.0953. The maximum Gasteiger partial charge on any atom is 0.234 e. The topological polar surface area (TPSA) is 82.2 Å². The lowest BCUT2D eigenvalue weighted by Gasteiger charge is -2.12. The van der Waals surface area contributed by atoms with Gasteiger partial charge >= 0.3 is 0 Å². The summed E-state index contributed by atoms with van der Waals surface area (Å²) in [6.45, 7) is 4.67. The van der Waals surface area contributed by atoms with Crippen LogP contribution in [0.25, 0.3) is 0 Å². The van der Waals surface area contributed by atoms with Crippen LogP contribution in [0.5, 0.6) is 5.75 Å². The third kappa shape index (κ3) is 5.39. The van der Waals surface area contributed by atoms with Gasteiger partial charge in [0.25, 0.3) is 0 Å². The zero-order valence-corrected chi connectivity index (χ0v) is 18.8. The summed E-state index contributed by atoms with van der Waals surface area (Å²) >= 11 is 1.33. The molecule has 0 radical (unpaired) electrons. The van der Waals surface area contributed by atoms with Crippen molar-refractivity contribution in [1.82, 2.24) is 14.8 Å². The van der Waals surface area contributed by atoms with E-state index in [1.54, 1.807) is 6.26 Å². The van der Waals surface area contributed by atoms with E-state index in [4.69, 9.17) is 9.15 Å². The summed E-state index contributed by atoms with van der Waals surface area (Å²) in [4.78, 5) is 12.6. The Morgan fingerprint density at radius 3 is 2.53 bits per heavy atom. The van der Waals surface area contributed by atoms with Gasteiger partial charge in [-0.3, -0.25) is 9.36 Å². The lowest BCUT2D eigenvalue weighted by atomic mass is 10.1. The first-order chi connectivity index (χ1) is 15.6. The number of hydrogen-bond acceptors (Lipinski definition) is 6. The predicted octanol–water partition coefficient (Wildman–Crippen LogP) is 4.85. The van der Waals surface area contributed by atoms with Gasteiger partial charge in [0.05, 0.1) is 18.6 Å². The Morgan fingerprint density at radius 2 is 1.81 bits per heavy atom. The second kappa shape index (κ2) is 10.2. The Hall–Kier alpha value is -3.52. The van der Waals surface area contributed by atoms with Gasteiger partial charge in [-0.2, -0.15) is 0 Å². The average molecular weight is 449 g/mol. The quantitative estimate of drug-likeness (QED) is 0.369. The molecule has 1 amide bonds. The zero-order chi connectivity index (χ0) is 22.3. The first-order valence-corrected chi connectivity index (χ1v) is 11.2. The number of aryl methyl sites for hydroxylation is 2. The van der Waals surface area contributed by atoms with E-state index in [0.29, 0.717) is 17.5 Å². The van der Waals surface area contributed by atoms with E-state index in [2.05, 4.69) is 15.5 Å². The van der Waals surface area contributed by atoms with Crippen LogP contribution in [0.1, 0.15) is 22.7 Å². The van der Waals surface area contributed by atoms with Crippen LogP contribution in [-0.2, 0) is 17.9 Å². The van der Waals surface area contributed by atoms with Gasteiger partial charge in [-0.05, 0) is 49.2 Å². The maximum atomic E-state index is 12.6. The molecular weight excluding hydrogens is 424 g/mol. The first kappa shape index (κ1) is 21.7. The fourth-order valence-electron chi connectivity index (χ4n) is 3.23. The Bertz CT molecular complexity index is 1150. The molecule has 8 heteroatoms. The van der Waals surface area contributed by atoms with Crippen molar-refractivity contribution in [2.24, 2.45) is 0 Å². The lowest BCUT2D eigenvalue weighted by Crippen LogP contribution is -2.16. The monoisotopic (exact) mass is 448 g/mol. The minimum absolute atomic E-state index is 0.0953. The minimum Gasteiger partial charge on any atom is -0.486 e. The molecule has 0 saturated carbocycles. The van der Waals surface area contributed by atoms with E-state index in [1.807, 2.05) is 79.1 Å². The molecule has 0 saturated heterocycles. The highest BCUT2D eigenvalue weighted by Gasteiger charge is 2.17. The van der Waals surface area contributed by atoms with Crippen molar-refractivity contribution < 1.29 is 13.9 Å². The summed E-state index contributed by atoms with van der Waals surface area (Å²) in [6, 6.07) is 19.2. The number of nitrogens with one attached hydrogen (secondary N) is 1. The van der Waals surface area contributed by atoms with Crippen molar-refractivity contribution in [2.45, 2.75) is 32.2 Å². The summed E-state index contributed by atoms with van der Waals surface area (Å²) in [7, 11) is 0. The van der Waals surface area contributed by atoms with Gasteiger partial charge in [0.15, 0.2) is 11.0 Å². The Kier molecular flexibility index (Phi) is 6.91. The number of para-hydroxylation sites is 2. The van der Waals surface area contributed by atoms with Crippen LogP contribution in [0.3, 0.4) is 0 Å². The number of rotatable bonds is 9. The second-order valence-electron chi connectivity index (χ2n) is 7.27. The van der Waals surface area contributed by atoms with Gasteiger partial charge in [-0.1, -0.05) is 48.2 Å². The molecule has 4 aromatic rings. The maximum absolute atomic E-state index is 12.6. The normalized spacial score (nSPS) is 10.8. The molecule has 2 aromatic heterocycles. The van der Waals surface area contributed by atoms with Crippen molar-refractivity contribution in [3.05, 3.63) is 89.6 Å². The molecule has 0 unspecified atom stereocenters. The summed E-state index contributed by atoms with van der Waals surface area (Å²) < 4.78 is 13.3. The van der Waals surface area contributed by atoms with Crippen LogP contribution in [0.2, 0.25) is 0 Å². The molecule has 0 spiro atoms. The molecule has 0 aliphatic heterocycles. The van der Waals surface area contributed by atoms with Crippen LogP contribution < -0.4 is 10.1 Å². The molecule has 0 aliphatic carbocycles. The average Bonchev–Trinajstić information content (AvgIpc) is 3.45. The number of furan rings is 1. The second-order valence-corrected chi connectivity index (χ2v) is 8.21. The number of aromatic nitrogens is 3. The van der Waals surface area contributed by atoms with E-state index >= 15 is 0 Å². The van der Waals surface area contributed by atoms with Gasteiger partial charge in [0, 0.05) is 5.69 Å². The number of carbonyl (C=O) groups excluding carboxylic acids is 1. The van der Waals surface area contributed by atoms with Crippen LogP contribution in [0.15, 0.2) is 76.5 Å². The number of nitrogens with zero attached hydrogens (tertiary/aromatic N) is 3. The molecular formula is C24H24N4O3S. The predicted molar refractivity (Wildman–Crippen MR) is 124 cm³/mol. The molecule has 4 rings (SSSR count). The number of benzene rings is 2. The van der Waals surface area contributed by atoms with E-state index in [-0.39, 0.29) is 18.3 Å². The molecule has 0 aliphatic rings. The van der Waals surface area contributed by atoms with Crippen LogP contribution in [-0.4, -0.2) is 26.4 Å². The van der Waals surface area contributed by atoms with Crippen molar-refractivity contribution in [1.29, 1.82) is 0 Å². The fraction of sp³-hybridized carbons (Fsp3) is 0.208. The van der Waals surface area contributed by atoms with Gasteiger partial charge < -0.3 is 14.5 Å². The van der Waals surface area contributed by atoms with Gasteiger partial charge in [-0.15, -0.1) is 10.2 Å². The van der Waals surface area contributed by atoms with Crippen molar-refractivity contribution in [2.75, 3.05) is 11.1 Å². The Labute approximate surface area is 190 Å². The third-order valence-corrected chi connectivity index (χ3v) is 5.84. The molecule has 32 heavy (non-hydrogen) atoms. The lowest BCUT2D eigenvalue weighted by molar-refractivity contribution is -0.113. The highest BCUT2D eigenvalue weighted by atomic mass is 32.2. The summed E-state index contributed by atoms with van der Waals surface area (Å²) in [5, 5.41) is 12.2. The molecule has 0 atom stereocenters. The van der Waals surface area contributed by atoms with Gasteiger partial charge in [0.2, 0.25) is 5.91 Å². The molecule has 0 bridgehead atoms. The molecule has 164 valence electrons. The first-order valence-electron chi connectivity index (χ1n) is 10.2. The van der Waals surface area contributed by atoms with E-state index in [0.717, 1.165) is 28.3 Å². The number of carbonyl (C=O) groups is 1. The number of anilines is 1. The van der Waals surface area contributed by atoms with Crippen LogP contribution in [0, 0.1) is 13.8 Å². The molecule has 7 nitrogen and oxygen atoms in total. The highest BCUT2D eigenvalue weighted by molar-refractivity contribution is 7.99. The van der Waals surface area contributed by atoms with Crippen LogP contribution >= 0.6 is 11.8 Å². The Balaban J connectivity index is 1.46.